The average Bonchev–Trinajstić information content (AvgIpc) is 2.82. The first kappa shape index (κ1) is 12.5. The van der Waals surface area contributed by atoms with Gasteiger partial charge in [0.15, 0.2) is 5.69 Å². The zero-order valence-corrected chi connectivity index (χ0v) is 10.6. The zero-order chi connectivity index (χ0) is 14.1. The molecule has 102 valence electrons. The van der Waals surface area contributed by atoms with Crippen molar-refractivity contribution in [2.24, 2.45) is 0 Å². The first-order valence-electron chi connectivity index (χ1n) is 5.50. The molecule has 8 nitrogen and oxygen atoms in total. The number of carbonyl (C=O) groups is 1. The third-order valence-corrected chi connectivity index (χ3v) is 2.66. The van der Waals surface area contributed by atoms with Gasteiger partial charge in [-0.1, -0.05) is 12.1 Å². The maximum Gasteiger partial charge on any atom is 0.354 e. The second-order valence-corrected chi connectivity index (χ2v) is 4.14. The molecule has 1 aromatic carbocycles. The summed E-state index contributed by atoms with van der Waals surface area (Å²) >= 11 is 5.66. The van der Waals surface area contributed by atoms with E-state index < -0.39 is 5.97 Å². The Hall–Kier alpha value is -2.58. The Morgan fingerprint density at radius 1 is 1.35 bits per heavy atom. The second-order valence-electron chi connectivity index (χ2n) is 3.81. The molecule has 0 radical (unpaired) electrons. The van der Waals surface area contributed by atoms with Crippen molar-refractivity contribution in [1.29, 1.82) is 0 Å². The minimum Gasteiger partial charge on any atom is -0.477 e. The summed E-state index contributed by atoms with van der Waals surface area (Å²) in [4.78, 5) is 23.7. The maximum absolute atomic E-state index is 10.9. The van der Waals surface area contributed by atoms with Crippen LogP contribution in [0.15, 0.2) is 30.3 Å². The molecule has 2 aromatic rings. The fourth-order valence-electron chi connectivity index (χ4n) is 1.65. The highest BCUT2D eigenvalue weighted by Gasteiger charge is 2.21. The Labute approximate surface area is 117 Å². The van der Waals surface area contributed by atoms with Gasteiger partial charge in [0, 0.05) is 6.07 Å². The topological polar surface area (TPSA) is 99.6 Å². The fraction of sp³-hybridized carbons (Fsp3) is 0. The normalized spacial score (nSPS) is 12.8. The van der Waals surface area contributed by atoms with E-state index in [9.17, 15) is 4.79 Å². The first-order chi connectivity index (χ1) is 9.63. The van der Waals surface area contributed by atoms with E-state index in [0.717, 1.165) is 11.4 Å². The summed E-state index contributed by atoms with van der Waals surface area (Å²) in [5, 5.41) is 10.0. The molecule has 0 fully saturated rings. The van der Waals surface area contributed by atoms with Crippen molar-refractivity contribution in [2.75, 3.05) is 10.6 Å². The fourth-order valence-corrected chi connectivity index (χ4v) is 1.82. The van der Waals surface area contributed by atoms with Crippen molar-refractivity contribution < 1.29 is 14.7 Å². The quantitative estimate of drug-likeness (QED) is 0.732. The Morgan fingerprint density at radius 3 is 2.95 bits per heavy atom. The van der Waals surface area contributed by atoms with Crippen LogP contribution in [0, 0.1) is 0 Å². The van der Waals surface area contributed by atoms with E-state index in [0.29, 0.717) is 0 Å². The molecule has 0 saturated heterocycles. The van der Waals surface area contributed by atoms with Crippen molar-refractivity contribution in [3.8, 4) is 5.88 Å². The molecule has 0 saturated carbocycles. The van der Waals surface area contributed by atoms with Crippen molar-refractivity contribution in [3.05, 3.63) is 41.3 Å². The van der Waals surface area contributed by atoms with Gasteiger partial charge in [0.25, 0.3) is 5.88 Å². The number of anilines is 2. The number of hydrogen-bond acceptors (Lipinski definition) is 7. The van der Waals surface area contributed by atoms with Gasteiger partial charge in [-0.25, -0.2) is 9.78 Å². The van der Waals surface area contributed by atoms with Gasteiger partial charge in [0.05, 0.1) is 5.69 Å². The number of aromatic carboxylic acids is 1. The molecule has 0 aliphatic carbocycles. The molecule has 9 heteroatoms. The van der Waals surface area contributed by atoms with Crippen molar-refractivity contribution in [2.45, 2.75) is 0 Å². The summed E-state index contributed by atoms with van der Waals surface area (Å²) in [6.45, 7) is 0. The summed E-state index contributed by atoms with van der Waals surface area (Å²) in [5.41, 5.74) is 6.91. The maximum atomic E-state index is 10.9. The Balaban J connectivity index is 1.88. The van der Waals surface area contributed by atoms with Gasteiger partial charge < -0.3 is 9.94 Å². The Bertz CT molecular complexity index is 681. The number of hydrazine groups is 2. The van der Waals surface area contributed by atoms with Crippen LogP contribution in [-0.2, 0) is 0 Å². The van der Waals surface area contributed by atoms with Gasteiger partial charge in [-0.2, -0.15) is 4.98 Å². The van der Waals surface area contributed by atoms with Gasteiger partial charge in [-0.15, -0.1) is 10.7 Å². The first-order valence-corrected chi connectivity index (χ1v) is 5.88. The van der Waals surface area contributed by atoms with E-state index in [2.05, 4.69) is 20.9 Å². The summed E-state index contributed by atoms with van der Waals surface area (Å²) in [7, 11) is 0. The molecule has 1 aliphatic heterocycles. The molecule has 2 heterocycles. The van der Waals surface area contributed by atoms with E-state index in [-0.39, 0.29) is 16.9 Å². The molecule has 0 atom stereocenters. The van der Waals surface area contributed by atoms with Crippen LogP contribution in [0.2, 0.25) is 5.28 Å². The van der Waals surface area contributed by atoms with Crippen LogP contribution in [0.1, 0.15) is 10.5 Å². The minimum atomic E-state index is -1.22. The third-order valence-electron chi connectivity index (χ3n) is 2.49. The number of nitrogens with zero attached hydrogens (tertiary/aromatic N) is 3. The largest absolute Gasteiger partial charge is 0.477 e. The van der Waals surface area contributed by atoms with Crippen LogP contribution in [0.3, 0.4) is 0 Å². The zero-order valence-electron chi connectivity index (χ0n) is 9.87. The number of hydrogen-bond donors (Lipinski definition) is 3. The Morgan fingerprint density at radius 2 is 2.15 bits per heavy atom. The highest BCUT2D eigenvalue weighted by Crippen LogP contribution is 2.28. The number of aromatic nitrogens is 2. The molecular formula is C11H8ClN5O3. The molecule has 1 aromatic heterocycles. The van der Waals surface area contributed by atoms with Crippen molar-refractivity contribution in [3.63, 3.8) is 0 Å². The smallest absolute Gasteiger partial charge is 0.354 e. The summed E-state index contributed by atoms with van der Waals surface area (Å²) in [5.74, 6) is -1.21. The highest BCUT2D eigenvalue weighted by molar-refractivity contribution is 6.28. The van der Waals surface area contributed by atoms with Crippen molar-refractivity contribution >= 4 is 28.9 Å². The molecule has 0 bridgehead atoms. The number of halogens is 1. The van der Waals surface area contributed by atoms with Crippen LogP contribution in [0.5, 0.6) is 5.88 Å². The van der Waals surface area contributed by atoms with E-state index in [4.69, 9.17) is 21.5 Å². The highest BCUT2D eigenvalue weighted by atomic mass is 35.5. The Kier molecular flexibility index (Phi) is 3.01. The second kappa shape index (κ2) is 4.83. The molecule has 1 aliphatic rings. The standard InChI is InChI=1S/C11H8ClN5O3/c12-11-13-7(10(18)19)5-9(14-11)20-17-8-4-2-1-3-6(8)15-16-17/h1-5,15-16H,(H,18,19). The predicted molar refractivity (Wildman–Crippen MR) is 70.3 cm³/mol. The van der Waals surface area contributed by atoms with Crippen LogP contribution >= 0.6 is 11.6 Å². The van der Waals surface area contributed by atoms with E-state index in [1.807, 2.05) is 24.3 Å². The SMILES string of the molecule is O=C(O)c1cc(ON2NNc3ccccc32)nc(Cl)n1. The lowest BCUT2D eigenvalue weighted by Crippen LogP contribution is -2.39. The van der Waals surface area contributed by atoms with Gasteiger partial charge in [0.1, 0.15) is 5.69 Å². The molecule has 3 rings (SSSR count). The predicted octanol–water partition coefficient (Wildman–Crippen LogP) is 1.47. The van der Waals surface area contributed by atoms with Crippen LogP contribution in [-0.4, -0.2) is 21.0 Å². The van der Waals surface area contributed by atoms with Gasteiger partial charge in [0.2, 0.25) is 5.28 Å². The van der Waals surface area contributed by atoms with Gasteiger partial charge in [-0.05, 0) is 23.7 Å². The molecule has 0 amide bonds. The van der Waals surface area contributed by atoms with E-state index >= 15 is 0 Å². The number of fused-ring (bicyclic) bond motifs is 1. The van der Waals surface area contributed by atoms with Crippen LogP contribution in [0.4, 0.5) is 11.4 Å². The number of para-hydroxylation sites is 2. The molecule has 0 spiro atoms. The lowest BCUT2D eigenvalue weighted by atomic mass is 10.3. The van der Waals surface area contributed by atoms with E-state index in [1.54, 1.807) is 0 Å². The lowest BCUT2D eigenvalue weighted by Gasteiger charge is -2.16. The van der Waals surface area contributed by atoms with Crippen LogP contribution in [0.25, 0.3) is 0 Å². The molecular weight excluding hydrogens is 286 g/mol. The van der Waals surface area contributed by atoms with Crippen molar-refractivity contribution in [1.82, 2.24) is 15.5 Å². The average molecular weight is 294 g/mol. The number of benzene rings is 1. The summed E-state index contributed by atoms with van der Waals surface area (Å²) in [6, 6.07) is 8.53. The van der Waals surface area contributed by atoms with Gasteiger partial charge in [-0.3, -0.25) is 5.43 Å². The number of rotatable bonds is 3. The summed E-state index contributed by atoms with van der Waals surface area (Å²) < 4.78 is 0. The number of carboxylic acid groups (broad SMARTS) is 1. The minimum absolute atomic E-state index is 0.00778. The third kappa shape index (κ3) is 2.29. The van der Waals surface area contributed by atoms with E-state index in [1.165, 1.54) is 11.2 Å². The lowest BCUT2D eigenvalue weighted by molar-refractivity contribution is 0.0689. The monoisotopic (exact) mass is 293 g/mol. The van der Waals surface area contributed by atoms with Gasteiger partial charge >= 0.3 is 5.97 Å². The molecule has 20 heavy (non-hydrogen) atoms. The molecule has 0 unspecified atom stereocenters. The molecule has 3 N–H and O–H groups in total. The number of carboxylic acids is 1. The number of nitrogens with one attached hydrogen (secondary N) is 2. The summed E-state index contributed by atoms with van der Waals surface area (Å²) in [6.07, 6.45) is 0. The van der Waals surface area contributed by atoms with Crippen LogP contribution < -0.4 is 21.0 Å².